The van der Waals surface area contributed by atoms with E-state index >= 15 is 0 Å². The summed E-state index contributed by atoms with van der Waals surface area (Å²) >= 11 is 0. The van der Waals surface area contributed by atoms with E-state index in [1.54, 1.807) is 18.2 Å². The Morgan fingerprint density at radius 2 is 1.81 bits per heavy atom. The van der Waals surface area contributed by atoms with Crippen LogP contribution < -0.4 is 10.1 Å². The van der Waals surface area contributed by atoms with Crippen molar-refractivity contribution in [2.75, 3.05) is 26.2 Å². The number of fused-ring (bicyclic) bond motifs is 1. The van der Waals surface area contributed by atoms with Gasteiger partial charge in [0.1, 0.15) is 24.1 Å². The Bertz CT molecular complexity index is 930. The van der Waals surface area contributed by atoms with Crippen molar-refractivity contribution >= 4 is 5.97 Å². The van der Waals surface area contributed by atoms with Crippen LogP contribution in [0.15, 0.2) is 48.5 Å². The normalized spacial score (nSPS) is 23.0. The van der Waals surface area contributed by atoms with Gasteiger partial charge in [-0.2, -0.15) is 5.26 Å². The molecule has 31 heavy (non-hydrogen) atoms. The number of hydrogen-bond acceptors (Lipinski definition) is 5. The molecule has 0 amide bonds. The van der Waals surface area contributed by atoms with Crippen molar-refractivity contribution in [1.82, 2.24) is 10.2 Å². The Kier molecular flexibility index (Phi) is 6.50. The fraction of sp³-hybridized carbons (Fsp3) is 0.417. The number of carboxylic acid groups (broad SMARTS) is 1. The zero-order valence-corrected chi connectivity index (χ0v) is 17.2. The SMILES string of the molecule is N#C[C@H](Cc1ccc(OCCNC2C3CN(Cc4ccc(F)cc4)C[C@@H]32)cc1)C(=O)O. The van der Waals surface area contributed by atoms with Crippen LogP contribution in [0.1, 0.15) is 11.1 Å². The quantitative estimate of drug-likeness (QED) is 0.572. The molecule has 0 bridgehead atoms. The first-order valence-corrected chi connectivity index (χ1v) is 10.6. The van der Waals surface area contributed by atoms with Crippen molar-refractivity contribution in [3.63, 3.8) is 0 Å². The van der Waals surface area contributed by atoms with Crippen LogP contribution >= 0.6 is 0 Å². The van der Waals surface area contributed by atoms with Gasteiger partial charge in [0.2, 0.25) is 0 Å². The van der Waals surface area contributed by atoms with Crippen molar-refractivity contribution in [2.24, 2.45) is 17.8 Å². The molecule has 4 atom stereocenters. The standard InChI is InChI=1S/C24H26FN3O3/c25-19-5-1-17(2-6-19)13-28-14-21-22(15-28)23(21)27-9-10-31-20-7-3-16(4-8-20)11-18(12-26)24(29)30/h1-8,18,21-23,27H,9-11,13-15H2,(H,29,30)/t18-,21-,22?,23?/m0/s1. The molecular weight excluding hydrogens is 397 g/mol. The molecule has 1 aliphatic carbocycles. The maximum atomic E-state index is 13.0. The van der Waals surface area contributed by atoms with E-state index in [1.807, 2.05) is 24.3 Å². The van der Waals surface area contributed by atoms with Crippen LogP contribution in [0.3, 0.4) is 0 Å². The number of carbonyl (C=O) groups is 1. The zero-order chi connectivity index (χ0) is 21.8. The second kappa shape index (κ2) is 9.46. The fourth-order valence-corrected chi connectivity index (χ4v) is 4.43. The molecule has 4 rings (SSSR count). The first-order chi connectivity index (χ1) is 15.0. The van der Waals surface area contributed by atoms with Gasteiger partial charge < -0.3 is 15.2 Å². The van der Waals surface area contributed by atoms with Crippen molar-refractivity contribution in [2.45, 2.75) is 19.0 Å². The molecule has 2 fully saturated rings. The monoisotopic (exact) mass is 423 g/mol. The molecule has 162 valence electrons. The molecule has 2 N–H and O–H groups in total. The number of benzene rings is 2. The van der Waals surface area contributed by atoms with Gasteiger partial charge in [0, 0.05) is 32.2 Å². The number of nitrogens with one attached hydrogen (secondary N) is 1. The molecular formula is C24H26FN3O3. The highest BCUT2D eigenvalue weighted by Gasteiger charge is 2.55. The molecule has 2 unspecified atom stereocenters. The topological polar surface area (TPSA) is 85.6 Å². The van der Waals surface area contributed by atoms with Crippen LogP contribution in [0.2, 0.25) is 0 Å². The van der Waals surface area contributed by atoms with Crippen LogP contribution in [0.25, 0.3) is 0 Å². The molecule has 7 heteroatoms. The van der Waals surface area contributed by atoms with Crippen LogP contribution in [-0.4, -0.2) is 48.3 Å². The number of aliphatic carboxylic acids is 1. The molecule has 0 radical (unpaired) electrons. The van der Waals surface area contributed by atoms with Crippen molar-refractivity contribution in [1.29, 1.82) is 5.26 Å². The van der Waals surface area contributed by atoms with E-state index in [-0.39, 0.29) is 12.2 Å². The summed E-state index contributed by atoms with van der Waals surface area (Å²) in [4.78, 5) is 13.4. The summed E-state index contributed by atoms with van der Waals surface area (Å²) < 4.78 is 18.8. The van der Waals surface area contributed by atoms with E-state index < -0.39 is 11.9 Å². The Morgan fingerprint density at radius 3 is 2.42 bits per heavy atom. The highest BCUT2D eigenvalue weighted by atomic mass is 19.1. The van der Waals surface area contributed by atoms with Gasteiger partial charge in [-0.25, -0.2) is 4.39 Å². The molecule has 1 heterocycles. The first-order valence-electron chi connectivity index (χ1n) is 10.6. The van der Waals surface area contributed by atoms with E-state index in [1.165, 1.54) is 12.1 Å². The predicted molar refractivity (Wildman–Crippen MR) is 113 cm³/mol. The van der Waals surface area contributed by atoms with Gasteiger partial charge in [-0.3, -0.25) is 9.69 Å². The second-order valence-electron chi connectivity index (χ2n) is 8.34. The molecule has 2 aliphatic rings. The lowest BCUT2D eigenvalue weighted by atomic mass is 10.0. The van der Waals surface area contributed by atoms with E-state index in [0.29, 0.717) is 24.5 Å². The molecule has 6 nitrogen and oxygen atoms in total. The van der Waals surface area contributed by atoms with Crippen molar-refractivity contribution in [3.05, 3.63) is 65.5 Å². The van der Waals surface area contributed by atoms with Crippen LogP contribution in [0, 0.1) is 34.9 Å². The maximum Gasteiger partial charge on any atom is 0.321 e. The molecule has 0 aromatic heterocycles. The Balaban J connectivity index is 1.12. The van der Waals surface area contributed by atoms with Gasteiger partial charge in [-0.1, -0.05) is 24.3 Å². The maximum absolute atomic E-state index is 13.0. The lowest BCUT2D eigenvalue weighted by Gasteiger charge is -2.20. The van der Waals surface area contributed by atoms with Crippen molar-refractivity contribution < 1.29 is 19.0 Å². The number of rotatable bonds is 10. The number of nitriles is 1. The van der Waals surface area contributed by atoms with E-state index in [4.69, 9.17) is 15.1 Å². The smallest absolute Gasteiger partial charge is 0.321 e. The highest BCUT2D eigenvalue weighted by Crippen LogP contribution is 2.45. The molecule has 1 aliphatic heterocycles. The lowest BCUT2D eigenvalue weighted by molar-refractivity contribution is -0.139. The number of nitrogens with zero attached hydrogens (tertiary/aromatic N) is 2. The minimum atomic E-state index is -1.10. The Labute approximate surface area is 181 Å². The summed E-state index contributed by atoms with van der Waals surface area (Å²) in [6.07, 6.45) is 0.191. The summed E-state index contributed by atoms with van der Waals surface area (Å²) in [5.41, 5.74) is 1.95. The van der Waals surface area contributed by atoms with Crippen LogP contribution in [-0.2, 0) is 17.8 Å². The molecule has 1 saturated heterocycles. The van der Waals surface area contributed by atoms with Gasteiger partial charge in [0.05, 0.1) is 6.07 Å². The largest absolute Gasteiger partial charge is 0.492 e. The minimum absolute atomic E-state index is 0.191. The molecule has 0 spiro atoms. The number of likely N-dealkylation sites (tertiary alicyclic amines) is 1. The first kappa shape index (κ1) is 21.3. The number of piperidine rings is 1. The lowest BCUT2D eigenvalue weighted by Crippen LogP contribution is -2.33. The number of carboxylic acids is 1. The predicted octanol–water partition coefficient (Wildman–Crippen LogP) is 2.69. The van der Waals surface area contributed by atoms with Gasteiger partial charge in [0.25, 0.3) is 0 Å². The van der Waals surface area contributed by atoms with E-state index in [0.717, 1.165) is 43.1 Å². The van der Waals surface area contributed by atoms with Gasteiger partial charge in [-0.05, 0) is 53.6 Å². The zero-order valence-electron chi connectivity index (χ0n) is 17.2. The summed E-state index contributed by atoms with van der Waals surface area (Å²) in [5.74, 6) is -0.223. The highest BCUT2D eigenvalue weighted by molar-refractivity contribution is 5.73. The molecule has 2 aromatic rings. The summed E-state index contributed by atoms with van der Waals surface area (Å²) in [6, 6.07) is 16.3. The van der Waals surface area contributed by atoms with Crippen molar-refractivity contribution in [3.8, 4) is 11.8 Å². The molecule has 2 aromatic carbocycles. The van der Waals surface area contributed by atoms with Crippen LogP contribution in [0.5, 0.6) is 5.75 Å². The van der Waals surface area contributed by atoms with Crippen LogP contribution in [0.4, 0.5) is 4.39 Å². The van der Waals surface area contributed by atoms with E-state index in [2.05, 4.69) is 10.2 Å². The average molecular weight is 423 g/mol. The summed E-state index contributed by atoms with van der Waals surface area (Å²) in [6.45, 7) is 4.35. The third kappa shape index (κ3) is 5.40. The fourth-order valence-electron chi connectivity index (χ4n) is 4.43. The third-order valence-electron chi connectivity index (χ3n) is 6.16. The number of ether oxygens (including phenoxy) is 1. The summed E-state index contributed by atoms with van der Waals surface area (Å²) in [5, 5.41) is 21.4. The number of halogens is 1. The van der Waals surface area contributed by atoms with Gasteiger partial charge >= 0.3 is 5.97 Å². The van der Waals surface area contributed by atoms with Gasteiger partial charge in [0.15, 0.2) is 0 Å². The third-order valence-corrected chi connectivity index (χ3v) is 6.16. The Morgan fingerprint density at radius 1 is 1.16 bits per heavy atom. The van der Waals surface area contributed by atoms with E-state index in [9.17, 15) is 9.18 Å². The van der Waals surface area contributed by atoms with Gasteiger partial charge in [-0.15, -0.1) is 0 Å². The minimum Gasteiger partial charge on any atom is -0.492 e. The number of hydrogen-bond donors (Lipinski definition) is 2. The summed E-state index contributed by atoms with van der Waals surface area (Å²) in [7, 11) is 0. The second-order valence-corrected chi connectivity index (χ2v) is 8.34. The Hall–Kier alpha value is -2.95. The molecule has 1 saturated carbocycles. The average Bonchev–Trinajstić information content (AvgIpc) is 3.21.